The number of halogens is 2. The fourth-order valence-electron chi connectivity index (χ4n) is 3.90. The molecule has 0 atom stereocenters. The minimum absolute atomic E-state index is 0.157. The zero-order chi connectivity index (χ0) is 21.1. The van der Waals surface area contributed by atoms with Crippen molar-refractivity contribution in [3.05, 3.63) is 67.6 Å². The largest absolute Gasteiger partial charge is 0.492 e. The van der Waals surface area contributed by atoms with E-state index in [4.69, 9.17) is 21.3 Å². The number of aromatic nitrogens is 2. The summed E-state index contributed by atoms with van der Waals surface area (Å²) in [5.74, 6) is 1.61. The zero-order valence-electron chi connectivity index (χ0n) is 16.8. The molecule has 1 heterocycles. The first-order chi connectivity index (χ1) is 14.6. The Morgan fingerprint density at radius 2 is 2.03 bits per heavy atom. The molecule has 7 heteroatoms. The van der Waals surface area contributed by atoms with Gasteiger partial charge in [-0.25, -0.2) is 4.98 Å². The van der Waals surface area contributed by atoms with Crippen LogP contribution in [0.15, 0.2) is 50.8 Å². The Hall–Kier alpha value is -2.18. The standard InChI is InChI=1S/C23H23BrClN3O2/c1-2-30-21-11-8-15(12-19(21)25)14-26-28-22(16-6-4-3-5-7-16)27-20-10-9-17(24)13-18(20)23(28)29/h8-14,16H,2-7H2,1H3. The molecule has 0 amide bonds. The van der Waals surface area contributed by atoms with Crippen molar-refractivity contribution in [3.63, 3.8) is 0 Å². The fourth-order valence-corrected chi connectivity index (χ4v) is 4.50. The van der Waals surface area contributed by atoms with Gasteiger partial charge in [-0.3, -0.25) is 4.79 Å². The third-order valence-corrected chi connectivity index (χ3v) is 6.17. The predicted octanol–water partition coefficient (Wildman–Crippen LogP) is 6.14. The summed E-state index contributed by atoms with van der Waals surface area (Å²) in [4.78, 5) is 18.2. The topological polar surface area (TPSA) is 56.5 Å². The van der Waals surface area contributed by atoms with Crippen LogP contribution in [0.5, 0.6) is 5.75 Å². The second-order valence-electron chi connectivity index (χ2n) is 7.45. The quantitative estimate of drug-likeness (QED) is 0.405. The molecule has 0 bridgehead atoms. The van der Waals surface area contributed by atoms with Crippen LogP contribution in [0.2, 0.25) is 5.02 Å². The molecule has 0 aliphatic heterocycles. The lowest BCUT2D eigenvalue weighted by Gasteiger charge is -2.22. The summed E-state index contributed by atoms with van der Waals surface area (Å²) in [6.45, 7) is 2.46. The molecular formula is C23H23BrClN3O2. The monoisotopic (exact) mass is 487 g/mol. The van der Waals surface area contributed by atoms with Crippen LogP contribution < -0.4 is 10.3 Å². The smallest absolute Gasteiger partial charge is 0.282 e. The number of nitrogens with zero attached hydrogens (tertiary/aromatic N) is 3. The summed E-state index contributed by atoms with van der Waals surface area (Å²) >= 11 is 9.75. The number of rotatable bonds is 5. The summed E-state index contributed by atoms with van der Waals surface area (Å²) in [5.41, 5.74) is 1.34. The average molecular weight is 489 g/mol. The molecule has 0 unspecified atom stereocenters. The summed E-state index contributed by atoms with van der Waals surface area (Å²) < 4.78 is 7.79. The van der Waals surface area contributed by atoms with Crippen molar-refractivity contribution < 1.29 is 4.74 Å². The van der Waals surface area contributed by atoms with Crippen LogP contribution in [0.3, 0.4) is 0 Å². The maximum Gasteiger partial charge on any atom is 0.282 e. The molecule has 1 fully saturated rings. The van der Waals surface area contributed by atoms with Crippen LogP contribution in [0.25, 0.3) is 10.9 Å². The molecule has 1 aliphatic carbocycles. The molecule has 1 saturated carbocycles. The van der Waals surface area contributed by atoms with Gasteiger partial charge < -0.3 is 4.74 Å². The molecule has 0 spiro atoms. The summed E-state index contributed by atoms with van der Waals surface area (Å²) in [7, 11) is 0. The zero-order valence-corrected chi connectivity index (χ0v) is 19.1. The molecule has 0 radical (unpaired) electrons. The number of hydrogen-bond donors (Lipinski definition) is 0. The predicted molar refractivity (Wildman–Crippen MR) is 125 cm³/mol. The van der Waals surface area contributed by atoms with E-state index in [-0.39, 0.29) is 11.5 Å². The Morgan fingerprint density at radius 3 is 2.77 bits per heavy atom. The van der Waals surface area contributed by atoms with Gasteiger partial charge in [0.25, 0.3) is 5.56 Å². The highest BCUT2D eigenvalue weighted by Crippen LogP contribution is 2.32. The van der Waals surface area contributed by atoms with Gasteiger partial charge in [0, 0.05) is 10.4 Å². The van der Waals surface area contributed by atoms with E-state index in [1.54, 1.807) is 18.3 Å². The van der Waals surface area contributed by atoms with E-state index >= 15 is 0 Å². The van der Waals surface area contributed by atoms with Crippen molar-refractivity contribution in [2.24, 2.45) is 5.10 Å². The van der Waals surface area contributed by atoms with Gasteiger partial charge in [0.15, 0.2) is 0 Å². The SMILES string of the molecule is CCOc1ccc(C=Nn2c(C3CCCCC3)nc3ccc(Br)cc3c2=O)cc1Cl. The average Bonchev–Trinajstić information content (AvgIpc) is 2.76. The number of hydrogen-bond acceptors (Lipinski definition) is 4. The first-order valence-electron chi connectivity index (χ1n) is 10.3. The first-order valence-corrected chi connectivity index (χ1v) is 11.4. The molecule has 0 saturated heterocycles. The maximum atomic E-state index is 13.3. The lowest BCUT2D eigenvalue weighted by atomic mass is 9.88. The molecule has 1 aromatic heterocycles. The van der Waals surface area contributed by atoms with Crippen LogP contribution in [0.4, 0.5) is 0 Å². The van der Waals surface area contributed by atoms with E-state index in [2.05, 4.69) is 21.0 Å². The van der Waals surface area contributed by atoms with E-state index in [0.717, 1.165) is 41.5 Å². The fraction of sp³-hybridized carbons (Fsp3) is 0.348. The number of benzene rings is 2. The van der Waals surface area contributed by atoms with Gasteiger partial charge in [-0.1, -0.05) is 46.8 Å². The number of fused-ring (bicyclic) bond motifs is 1. The Kier molecular flexibility index (Phi) is 6.54. The van der Waals surface area contributed by atoms with Crippen LogP contribution in [-0.4, -0.2) is 22.5 Å². The second kappa shape index (κ2) is 9.31. The van der Waals surface area contributed by atoms with Gasteiger partial charge in [-0.05, 0) is 61.7 Å². The first kappa shape index (κ1) is 21.1. The number of ether oxygens (including phenoxy) is 1. The van der Waals surface area contributed by atoms with Crippen molar-refractivity contribution >= 4 is 44.6 Å². The lowest BCUT2D eigenvalue weighted by Crippen LogP contribution is -2.25. The van der Waals surface area contributed by atoms with Crippen molar-refractivity contribution in [2.75, 3.05) is 6.61 Å². The Morgan fingerprint density at radius 1 is 1.23 bits per heavy atom. The van der Waals surface area contributed by atoms with Gasteiger partial charge in [-0.2, -0.15) is 9.78 Å². The summed E-state index contributed by atoms with van der Waals surface area (Å²) in [5, 5.41) is 5.61. The molecule has 0 N–H and O–H groups in total. The van der Waals surface area contributed by atoms with Crippen molar-refractivity contribution in [3.8, 4) is 5.75 Å². The normalized spacial score (nSPS) is 15.2. The van der Waals surface area contributed by atoms with Crippen molar-refractivity contribution in [1.29, 1.82) is 0 Å². The van der Waals surface area contributed by atoms with Gasteiger partial charge in [0.1, 0.15) is 11.6 Å². The molecule has 30 heavy (non-hydrogen) atoms. The molecule has 1 aliphatic rings. The third kappa shape index (κ3) is 4.44. The second-order valence-corrected chi connectivity index (χ2v) is 8.77. The van der Waals surface area contributed by atoms with Crippen LogP contribution in [0, 0.1) is 0 Å². The summed E-state index contributed by atoms with van der Waals surface area (Å²) in [6.07, 6.45) is 7.24. The van der Waals surface area contributed by atoms with E-state index in [1.807, 2.05) is 31.2 Å². The lowest BCUT2D eigenvalue weighted by molar-refractivity contribution is 0.340. The Balaban J connectivity index is 1.79. The van der Waals surface area contributed by atoms with Gasteiger partial charge in [0.05, 0.1) is 28.7 Å². The highest BCUT2D eigenvalue weighted by atomic mass is 79.9. The Bertz CT molecular complexity index is 1150. The molecular weight excluding hydrogens is 466 g/mol. The van der Waals surface area contributed by atoms with E-state index in [0.29, 0.717) is 28.3 Å². The van der Waals surface area contributed by atoms with Crippen LogP contribution in [0.1, 0.15) is 56.3 Å². The minimum atomic E-state index is -0.157. The highest BCUT2D eigenvalue weighted by molar-refractivity contribution is 9.10. The van der Waals surface area contributed by atoms with Crippen LogP contribution >= 0.6 is 27.5 Å². The molecule has 4 rings (SSSR count). The van der Waals surface area contributed by atoms with Crippen LogP contribution in [-0.2, 0) is 0 Å². The van der Waals surface area contributed by atoms with E-state index < -0.39 is 0 Å². The third-order valence-electron chi connectivity index (χ3n) is 5.38. The van der Waals surface area contributed by atoms with Crippen molar-refractivity contribution in [1.82, 2.24) is 9.66 Å². The summed E-state index contributed by atoms with van der Waals surface area (Å²) in [6, 6.07) is 11.1. The van der Waals surface area contributed by atoms with E-state index in [9.17, 15) is 4.79 Å². The minimum Gasteiger partial charge on any atom is -0.492 e. The molecule has 2 aromatic carbocycles. The molecule has 5 nitrogen and oxygen atoms in total. The van der Waals surface area contributed by atoms with Gasteiger partial charge in [0.2, 0.25) is 0 Å². The Labute approximate surface area is 188 Å². The molecule has 156 valence electrons. The maximum absolute atomic E-state index is 13.3. The highest BCUT2D eigenvalue weighted by Gasteiger charge is 2.22. The molecule has 3 aromatic rings. The van der Waals surface area contributed by atoms with E-state index in [1.165, 1.54) is 11.1 Å². The van der Waals surface area contributed by atoms with Crippen molar-refractivity contribution in [2.45, 2.75) is 44.9 Å². The van der Waals surface area contributed by atoms with Gasteiger partial charge >= 0.3 is 0 Å². The van der Waals surface area contributed by atoms with Gasteiger partial charge in [-0.15, -0.1) is 0 Å².